The number of nitrogens with zero attached hydrogens (tertiary/aromatic N) is 4. The van der Waals surface area contributed by atoms with Gasteiger partial charge in [-0.2, -0.15) is 0 Å². The van der Waals surface area contributed by atoms with Crippen LogP contribution in [0.1, 0.15) is 25.5 Å². The molecule has 0 spiro atoms. The van der Waals surface area contributed by atoms with E-state index in [1.165, 1.54) is 11.8 Å². The van der Waals surface area contributed by atoms with Gasteiger partial charge >= 0.3 is 0 Å². The molecule has 138 valence electrons. The lowest BCUT2D eigenvalue weighted by Crippen LogP contribution is -2.35. The number of hydrogen-bond acceptors (Lipinski definition) is 6. The molecule has 1 aliphatic heterocycles. The molecule has 0 radical (unpaired) electrons. The van der Waals surface area contributed by atoms with E-state index < -0.39 is 0 Å². The summed E-state index contributed by atoms with van der Waals surface area (Å²) in [7, 11) is 0. The zero-order valence-electron chi connectivity index (χ0n) is 14.9. The van der Waals surface area contributed by atoms with E-state index in [0.29, 0.717) is 11.7 Å². The first-order valence-electron chi connectivity index (χ1n) is 8.71. The van der Waals surface area contributed by atoms with Crippen LogP contribution in [-0.2, 0) is 11.3 Å². The summed E-state index contributed by atoms with van der Waals surface area (Å²) in [4.78, 5) is 14.1. The Morgan fingerprint density at radius 3 is 2.96 bits per heavy atom. The number of anilines is 1. The number of nitrogens with one attached hydrogen (secondary N) is 1. The average molecular weight is 373 g/mol. The highest BCUT2D eigenvalue weighted by atomic mass is 32.2. The van der Waals surface area contributed by atoms with Gasteiger partial charge in [-0.15, -0.1) is 16.6 Å². The molecule has 26 heavy (non-hydrogen) atoms. The lowest BCUT2D eigenvalue weighted by molar-refractivity contribution is -0.118. The van der Waals surface area contributed by atoms with Crippen molar-refractivity contribution in [3.63, 3.8) is 0 Å². The van der Waals surface area contributed by atoms with Gasteiger partial charge in [0.15, 0.2) is 5.16 Å². The maximum atomic E-state index is 11.8. The van der Waals surface area contributed by atoms with Gasteiger partial charge in [0.05, 0.1) is 25.1 Å². The van der Waals surface area contributed by atoms with Crippen molar-refractivity contribution >= 4 is 23.6 Å². The molecule has 1 fully saturated rings. The molecule has 7 nitrogen and oxygen atoms in total. The van der Waals surface area contributed by atoms with E-state index in [9.17, 15) is 4.79 Å². The number of hydrogen-bond donors (Lipinski definition) is 1. The molecule has 2 aromatic heterocycles. The Balaban J connectivity index is 1.75. The Morgan fingerprint density at radius 1 is 1.46 bits per heavy atom. The smallest absolute Gasteiger partial charge is 0.231 e. The zero-order chi connectivity index (χ0) is 18.4. The Bertz CT molecular complexity index is 757. The van der Waals surface area contributed by atoms with Crippen LogP contribution in [0.25, 0.3) is 0 Å². The summed E-state index contributed by atoms with van der Waals surface area (Å²) in [5, 5.41) is 12.1. The highest BCUT2D eigenvalue weighted by molar-refractivity contribution is 7.99. The Labute approximate surface area is 157 Å². The molecule has 3 rings (SSSR count). The molecule has 0 saturated carbocycles. The van der Waals surface area contributed by atoms with Crippen LogP contribution in [0.5, 0.6) is 0 Å². The second-order valence-corrected chi connectivity index (χ2v) is 7.33. The number of aromatic nitrogens is 3. The maximum absolute atomic E-state index is 11.8. The molecule has 8 heteroatoms. The number of furan rings is 1. The van der Waals surface area contributed by atoms with Crippen molar-refractivity contribution in [2.24, 2.45) is 5.92 Å². The third-order valence-electron chi connectivity index (χ3n) is 4.38. The molecule has 0 atom stereocenters. The predicted octanol–water partition coefficient (Wildman–Crippen LogP) is 2.00. The summed E-state index contributed by atoms with van der Waals surface area (Å²) in [6, 6.07) is 3.79. The maximum Gasteiger partial charge on any atom is 0.231 e. The van der Waals surface area contributed by atoms with Crippen molar-refractivity contribution < 1.29 is 9.21 Å². The van der Waals surface area contributed by atoms with Gasteiger partial charge in [0.2, 0.25) is 11.9 Å². The van der Waals surface area contributed by atoms with Crippen LogP contribution >= 0.6 is 11.8 Å². The number of carbonyl (C=O) groups excluding carboxylic acids is 1. The SMILES string of the molecule is C#CCNC(=O)CSc1nnc(N2CCC(C)CC2)n1Cc1ccco1. The monoisotopic (exact) mass is 373 g/mol. The number of rotatable bonds is 7. The lowest BCUT2D eigenvalue weighted by Gasteiger charge is -2.31. The molecule has 2 aromatic rings. The van der Waals surface area contributed by atoms with Crippen LogP contribution < -0.4 is 10.2 Å². The summed E-state index contributed by atoms with van der Waals surface area (Å²) in [6.45, 7) is 4.97. The predicted molar refractivity (Wildman–Crippen MR) is 101 cm³/mol. The fourth-order valence-electron chi connectivity index (χ4n) is 2.86. The van der Waals surface area contributed by atoms with Crippen LogP contribution in [-0.4, -0.2) is 46.1 Å². The summed E-state index contributed by atoms with van der Waals surface area (Å²) in [5.74, 6) is 4.92. The molecular weight excluding hydrogens is 350 g/mol. The number of amides is 1. The summed E-state index contributed by atoms with van der Waals surface area (Å²) in [6.07, 6.45) is 9.11. The Morgan fingerprint density at radius 2 is 2.27 bits per heavy atom. The second-order valence-electron chi connectivity index (χ2n) is 6.39. The van der Waals surface area contributed by atoms with Gasteiger partial charge < -0.3 is 14.6 Å². The van der Waals surface area contributed by atoms with Gasteiger partial charge in [-0.05, 0) is 30.9 Å². The number of piperidine rings is 1. The first kappa shape index (κ1) is 18.4. The normalized spacial score (nSPS) is 15.0. The molecule has 1 amide bonds. The average Bonchev–Trinajstić information content (AvgIpc) is 3.29. The summed E-state index contributed by atoms with van der Waals surface area (Å²) >= 11 is 1.35. The minimum atomic E-state index is -0.117. The molecule has 1 aliphatic rings. The standard InChI is InChI=1S/C18H23N5O2S/c1-3-8-19-16(24)13-26-18-21-20-17(22-9-6-14(2)7-10-22)23(18)12-15-5-4-11-25-15/h1,4-5,11,14H,6-10,12-13H2,2H3,(H,19,24). The van der Waals surface area contributed by atoms with E-state index in [1.54, 1.807) is 6.26 Å². The minimum Gasteiger partial charge on any atom is -0.467 e. The van der Waals surface area contributed by atoms with Crippen molar-refractivity contribution in [2.45, 2.75) is 31.5 Å². The van der Waals surface area contributed by atoms with Crippen molar-refractivity contribution in [3.8, 4) is 12.3 Å². The summed E-state index contributed by atoms with van der Waals surface area (Å²) in [5.41, 5.74) is 0. The highest BCUT2D eigenvalue weighted by Gasteiger charge is 2.23. The zero-order valence-corrected chi connectivity index (χ0v) is 15.7. The van der Waals surface area contributed by atoms with Gasteiger partial charge in [0.25, 0.3) is 0 Å². The van der Waals surface area contributed by atoms with Crippen LogP contribution in [0.15, 0.2) is 28.0 Å². The first-order valence-corrected chi connectivity index (χ1v) is 9.69. The third kappa shape index (κ3) is 4.61. The molecule has 1 saturated heterocycles. The second kappa shape index (κ2) is 8.81. The van der Waals surface area contributed by atoms with E-state index in [-0.39, 0.29) is 18.2 Å². The molecular formula is C18H23N5O2S. The summed E-state index contributed by atoms with van der Waals surface area (Å²) < 4.78 is 7.52. The van der Waals surface area contributed by atoms with Crippen LogP contribution in [0.2, 0.25) is 0 Å². The van der Waals surface area contributed by atoms with Crippen molar-refractivity contribution in [1.29, 1.82) is 0 Å². The van der Waals surface area contributed by atoms with Crippen LogP contribution in [0.3, 0.4) is 0 Å². The van der Waals surface area contributed by atoms with E-state index in [1.807, 2.05) is 16.7 Å². The Kier molecular flexibility index (Phi) is 6.23. The van der Waals surface area contributed by atoms with E-state index >= 15 is 0 Å². The van der Waals surface area contributed by atoms with Crippen molar-refractivity contribution in [3.05, 3.63) is 24.2 Å². The number of carbonyl (C=O) groups is 1. The molecule has 0 unspecified atom stereocenters. The molecule has 0 bridgehead atoms. The highest BCUT2D eigenvalue weighted by Crippen LogP contribution is 2.27. The Hall–Kier alpha value is -2.40. The molecule has 0 aliphatic carbocycles. The molecule has 0 aromatic carbocycles. The topological polar surface area (TPSA) is 76.2 Å². The number of terminal acetylenes is 1. The number of thioether (sulfide) groups is 1. The fraction of sp³-hybridized carbons (Fsp3) is 0.500. The van der Waals surface area contributed by atoms with Crippen LogP contribution in [0.4, 0.5) is 5.95 Å². The van der Waals surface area contributed by atoms with Gasteiger partial charge in [0, 0.05) is 13.1 Å². The first-order chi connectivity index (χ1) is 12.7. The van der Waals surface area contributed by atoms with E-state index in [2.05, 4.69) is 33.3 Å². The lowest BCUT2D eigenvalue weighted by atomic mass is 10.00. The fourth-order valence-corrected chi connectivity index (χ4v) is 3.62. The van der Waals surface area contributed by atoms with E-state index in [4.69, 9.17) is 10.8 Å². The third-order valence-corrected chi connectivity index (χ3v) is 5.34. The molecule has 3 heterocycles. The minimum absolute atomic E-state index is 0.117. The van der Waals surface area contributed by atoms with Crippen molar-refractivity contribution in [2.75, 3.05) is 30.3 Å². The largest absolute Gasteiger partial charge is 0.467 e. The van der Waals surface area contributed by atoms with Gasteiger partial charge in [-0.25, -0.2) is 0 Å². The van der Waals surface area contributed by atoms with Crippen molar-refractivity contribution in [1.82, 2.24) is 20.1 Å². The van der Waals surface area contributed by atoms with Gasteiger partial charge in [-0.1, -0.05) is 24.6 Å². The van der Waals surface area contributed by atoms with E-state index in [0.717, 1.165) is 43.6 Å². The quantitative estimate of drug-likeness (QED) is 0.591. The van der Waals surface area contributed by atoms with Crippen LogP contribution in [0, 0.1) is 18.3 Å². The van der Waals surface area contributed by atoms with Gasteiger partial charge in [0.1, 0.15) is 5.76 Å². The molecule has 1 N–H and O–H groups in total. The van der Waals surface area contributed by atoms with Gasteiger partial charge in [-0.3, -0.25) is 9.36 Å².